The number of hydrogen-bond donors (Lipinski definition) is 1. The zero-order valence-electron chi connectivity index (χ0n) is 11.2. The number of aliphatic hydroxyl groups excluding tert-OH is 1. The molecule has 0 radical (unpaired) electrons. The van der Waals surface area contributed by atoms with E-state index in [-0.39, 0.29) is 6.10 Å². The second kappa shape index (κ2) is 5.99. The van der Waals surface area contributed by atoms with Crippen LogP contribution in [0.25, 0.3) is 0 Å². The van der Waals surface area contributed by atoms with E-state index < -0.39 is 0 Å². The molecule has 1 aliphatic carbocycles. The Morgan fingerprint density at radius 2 is 2.12 bits per heavy atom. The first-order chi connectivity index (χ1) is 7.46. The minimum absolute atomic E-state index is 0.167. The summed E-state index contributed by atoms with van der Waals surface area (Å²) in [6.45, 7) is 9.04. The van der Waals surface area contributed by atoms with Gasteiger partial charge >= 0.3 is 0 Å². The molecule has 0 amide bonds. The van der Waals surface area contributed by atoms with Crippen molar-refractivity contribution < 1.29 is 9.84 Å². The van der Waals surface area contributed by atoms with Crippen LogP contribution in [-0.4, -0.2) is 49.0 Å². The van der Waals surface area contributed by atoms with Crippen LogP contribution in [0.1, 0.15) is 40.0 Å². The molecule has 0 aromatic heterocycles. The van der Waals surface area contributed by atoms with Crippen LogP contribution in [0.5, 0.6) is 0 Å². The van der Waals surface area contributed by atoms with E-state index in [1.54, 1.807) is 0 Å². The van der Waals surface area contributed by atoms with Crippen LogP contribution in [0.4, 0.5) is 0 Å². The molecule has 1 rings (SSSR count). The zero-order chi connectivity index (χ0) is 12.2. The highest BCUT2D eigenvalue weighted by Gasteiger charge is 2.35. The lowest BCUT2D eigenvalue weighted by molar-refractivity contribution is -0.0159. The van der Waals surface area contributed by atoms with Gasteiger partial charge in [0, 0.05) is 19.2 Å². The predicted octanol–water partition coefficient (Wildman–Crippen LogP) is 1.89. The van der Waals surface area contributed by atoms with Gasteiger partial charge in [-0.2, -0.15) is 0 Å². The van der Waals surface area contributed by atoms with Crippen molar-refractivity contribution in [2.24, 2.45) is 5.41 Å². The molecule has 2 unspecified atom stereocenters. The second-order valence-electron chi connectivity index (χ2n) is 5.72. The van der Waals surface area contributed by atoms with Crippen molar-refractivity contribution >= 4 is 0 Å². The summed E-state index contributed by atoms with van der Waals surface area (Å²) in [6, 6.07) is 0.296. The van der Waals surface area contributed by atoms with Gasteiger partial charge in [0.25, 0.3) is 0 Å². The quantitative estimate of drug-likeness (QED) is 0.731. The van der Waals surface area contributed by atoms with E-state index in [1.165, 1.54) is 0 Å². The van der Waals surface area contributed by atoms with E-state index in [2.05, 4.69) is 25.8 Å². The van der Waals surface area contributed by atoms with Gasteiger partial charge in [0.15, 0.2) is 0 Å². The average molecular weight is 229 g/mol. The molecule has 96 valence electrons. The molecule has 0 heterocycles. The number of ether oxygens (including phenoxy) is 1. The fourth-order valence-corrected chi connectivity index (χ4v) is 2.50. The van der Waals surface area contributed by atoms with Crippen molar-refractivity contribution in [2.45, 2.75) is 52.2 Å². The van der Waals surface area contributed by atoms with E-state index in [4.69, 9.17) is 4.74 Å². The topological polar surface area (TPSA) is 32.7 Å². The van der Waals surface area contributed by atoms with E-state index in [1.807, 2.05) is 6.92 Å². The summed E-state index contributed by atoms with van der Waals surface area (Å²) >= 11 is 0. The average Bonchev–Trinajstić information content (AvgIpc) is 2.22. The van der Waals surface area contributed by atoms with Gasteiger partial charge in [-0.3, -0.25) is 4.90 Å². The first-order valence-electron chi connectivity index (χ1n) is 6.42. The van der Waals surface area contributed by atoms with Gasteiger partial charge in [-0.25, -0.2) is 0 Å². The third-order valence-electron chi connectivity index (χ3n) is 3.68. The van der Waals surface area contributed by atoms with Crippen molar-refractivity contribution in [3.8, 4) is 0 Å². The minimum Gasteiger partial charge on any atom is -0.391 e. The molecule has 3 nitrogen and oxygen atoms in total. The Hall–Kier alpha value is -0.120. The maximum absolute atomic E-state index is 10.0. The Morgan fingerprint density at radius 1 is 1.44 bits per heavy atom. The number of likely N-dealkylation sites (N-methyl/N-ethyl adjacent to an activating group) is 1. The van der Waals surface area contributed by atoms with Gasteiger partial charge in [-0.05, 0) is 38.6 Å². The van der Waals surface area contributed by atoms with Gasteiger partial charge in [0.2, 0.25) is 0 Å². The summed E-state index contributed by atoms with van der Waals surface area (Å²) in [5.41, 5.74) is 0.365. The number of hydrogen-bond acceptors (Lipinski definition) is 3. The number of nitrogens with zero attached hydrogens (tertiary/aromatic N) is 1. The summed E-state index contributed by atoms with van der Waals surface area (Å²) < 4.78 is 5.36. The van der Waals surface area contributed by atoms with Crippen LogP contribution >= 0.6 is 0 Å². The highest BCUT2D eigenvalue weighted by atomic mass is 16.5. The van der Waals surface area contributed by atoms with E-state index in [0.29, 0.717) is 11.5 Å². The lowest BCUT2D eigenvalue weighted by atomic mass is 9.73. The maximum atomic E-state index is 10.0. The molecule has 0 aliphatic heterocycles. The molecule has 16 heavy (non-hydrogen) atoms. The number of aliphatic hydroxyl groups is 1. The van der Waals surface area contributed by atoms with Crippen molar-refractivity contribution in [1.82, 2.24) is 4.90 Å². The molecule has 0 aromatic rings. The summed E-state index contributed by atoms with van der Waals surface area (Å²) in [5, 5.41) is 10.0. The molecule has 3 heteroatoms. The van der Waals surface area contributed by atoms with E-state index in [9.17, 15) is 5.11 Å². The van der Waals surface area contributed by atoms with Crippen LogP contribution < -0.4 is 0 Å². The van der Waals surface area contributed by atoms with Gasteiger partial charge in [-0.1, -0.05) is 13.8 Å². The summed E-state index contributed by atoms with van der Waals surface area (Å²) in [4.78, 5) is 2.25. The molecule has 0 spiro atoms. The fourth-order valence-electron chi connectivity index (χ4n) is 2.50. The van der Waals surface area contributed by atoms with Crippen LogP contribution in [0, 0.1) is 5.41 Å². The van der Waals surface area contributed by atoms with E-state index in [0.717, 1.165) is 39.0 Å². The summed E-state index contributed by atoms with van der Waals surface area (Å²) in [7, 11) is 2.09. The molecule has 0 aromatic carbocycles. The largest absolute Gasteiger partial charge is 0.391 e. The van der Waals surface area contributed by atoms with Gasteiger partial charge in [0.05, 0.1) is 12.7 Å². The van der Waals surface area contributed by atoms with E-state index >= 15 is 0 Å². The zero-order valence-corrected chi connectivity index (χ0v) is 11.2. The smallest absolute Gasteiger partial charge is 0.0695 e. The maximum Gasteiger partial charge on any atom is 0.0695 e. The Labute approximate surface area is 99.8 Å². The molecular weight excluding hydrogens is 202 g/mol. The monoisotopic (exact) mass is 229 g/mol. The SMILES string of the molecule is CCOCCN(C)C1CC(C)(C)CCC1O. The lowest BCUT2D eigenvalue weighted by Gasteiger charge is -2.42. The van der Waals surface area contributed by atoms with Crippen molar-refractivity contribution in [1.29, 1.82) is 0 Å². The predicted molar refractivity (Wildman–Crippen MR) is 66.5 cm³/mol. The minimum atomic E-state index is -0.167. The Bertz CT molecular complexity index is 206. The molecule has 1 fully saturated rings. The second-order valence-corrected chi connectivity index (χ2v) is 5.72. The molecular formula is C13H27NO2. The molecule has 1 saturated carbocycles. The van der Waals surface area contributed by atoms with Gasteiger partial charge in [0.1, 0.15) is 0 Å². The summed E-state index contributed by atoms with van der Waals surface area (Å²) in [5.74, 6) is 0. The fraction of sp³-hybridized carbons (Fsp3) is 1.00. The third-order valence-corrected chi connectivity index (χ3v) is 3.68. The van der Waals surface area contributed by atoms with Gasteiger partial charge in [-0.15, -0.1) is 0 Å². The van der Waals surface area contributed by atoms with Crippen molar-refractivity contribution in [2.75, 3.05) is 26.8 Å². The first kappa shape index (κ1) is 13.9. The Morgan fingerprint density at radius 3 is 2.75 bits per heavy atom. The Kier molecular flexibility index (Phi) is 5.22. The molecule has 1 aliphatic rings. The summed E-state index contributed by atoms with van der Waals surface area (Å²) in [6.07, 6.45) is 2.97. The standard InChI is InChI=1S/C13H27NO2/c1-5-16-9-8-14(4)11-10-13(2,3)7-6-12(11)15/h11-12,15H,5-10H2,1-4H3. The van der Waals surface area contributed by atoms with Gasteiger partial charge < -0.3 is 9.84 Å². The molecule has 0 bridgehead atoms. The highest BCUT2D eigenvalue weighted by molar-refractivity contribution is 4.89. The van der Waals surface area contributed by atoms with Crippen molar-refractivity contribution in [3.05, 3.63) is 0 Å². The van der Waals surface area contributed by atoms with Crippen LogP contribution in [0.2, 0.25) is 0 Å². The molecule has 1 N–H and O–H groups in total. The van der Waals surface area contributed by atoms with Crippen LogP contribution in [0.15, 0.2) is 0 Å². The lowest BCUT2D eigenvalue weighted by Crippen LogP contribution is -2.48. The molecule has 2 atom stereocenters. The van der Waals surface area contributed by atoms with Crippen LogP contribution in [0.3, 0.4) is 0 Å². The molecule has 0 saturated heterocycles. The first-order valence-corrected chi connectivity index (χ1v) is 6.42. The third kappa shape index (κ3) is 4.04. The highest BCUT2D eigenvalue weighted by Crippen LogP contribution is 2.37. The Balaban J connectivity index is 2.42. The van der Waals surface area contributed by atoms with Crippen molar-refractivity contribution in [3.63, 3.8) is 0 Å². The normalized spacial score (nSPS) is 29.6. The van der Waals surface area contributed by atoms with Crippen LogP contribution in [-0.2, 0) is 4.74 Å². The number of rotatable bonds is 5.